The number of methoxy groups -OCH3 is 1. The zero-order valence-electron chi connectivity index (χ0n) is 15.4. The fourth-order valence-corrected chi connectivity index (χ4v) is 3.80. The van der Waals surface area contributed by atoms with Crippen LogP contribution in [-0.4, -0.2) is 72.4 Å². The largest absolute Gasteiger partial charge is 0.494 e. The predicted molar refractivity (Wildman–Crippen MR) is 95.2 cm³/mol. The molecule has 1 aromatic rings. The van der Waals surface area contributed by atoms with Gasteiger partial charge in [-0.3, -0.25) is 14.5 Å². The third-order valence-corrected chi connectivity index (χ3v) is 5.25. The van der Waals surface area contributed by atoms with E-state index >= 15 is 0 Å². The van der Waals surface area contributed by atoms with Gasteiger partial charge in [0.25, 0.3) is 0 Å². The number of carbonyl (C=O) groups excluding carboxylic acids is 2. The second kappa shape index (κ2) is 8.03. The highest BCUT2D eigenvalue weighted by Crippen LogP contribution is 2.22. The molecule has 2 aliphatic heterocycles. The average molecular weight is 363 g/mol. The van der Waals surface area contributed by atoms with Crippen LogP contribution in [0.4, 0.5) is 4.39 Å². The highest BCUT2D eigenvalue weighted by Gasteiger charge is 2.36. The van der Waals surface area contributed by atoms with Gasteiger partial charge in [0.2, 0.25) is 11.8 Å². The van der Waals surface area contributed by atoms with Gasteiger partial charge >= 0.3 is 0 Å². The highest BCUT2D eigenvalue weighted by molar-refractivity contribution is 5.87. The number of carbonyl (C=O) groups is 2. The molecular formula is C19H26FN3O3. The molecule has 0 radical (unpaired) electrons. The number of amides is 2. The maximum atomic E-state index is 13.8. The summed E-state index contributed by atoms with van der Waals surface area (Å²) < 4.78 is 18.8. The van der Waals surface area contributed by atoms with Gasteiger partial charge in [0.05, 0.1) is 7.11 Å². The van der Waals surface area contributed by atoms with E-state index in [4.69, 9.17) is 4.74 Å². The number of hydrogen-bond acceptors (Lipinski definition) is 4. The first-order valence-corrected chi connectivity index (χ1v) is 9.10. The van der Waals surface area contributed by atoms with E-state index in [-0.39, 0.29) is 29.4 Å². The van der Waals surface area contributed by atoms with Crippen LogP contribution in [0.25, 0.3) is 0 Å². The molecule has 6 nitrogen and oxygen atoms in total. The smallest absolute Gasteiger partial charge is 0.245 e. The van der Waals surface area contributed by atoms with Crippen molar-refractivity contribution in [1.82, 2.24) is 14.7 Å². The number of halogens is 1. The Labute approximate surface area is 153 Å². The first-order valence-electron chi connectivity index (χ1n) is 9.10. The molecule has 0 spiro atoms. The minimum Gasteiger partial charge on any atom is -0.494 e. The molecule has 1 aromatic carbocycles. The Morgan fingerprint density at radius 1 is 1.19 bits per heavy atom. The van der Waals surface area contributed by atoms with Crippen molar-refractivity contribution in [3.63, 3.8) is 0 Å². The molecule has 2 aliphatic rings. The Morgan fingerprint density at radius 3 is 2.54 bits per heavy atom. The van der Waals surface area contributed by atoms with Crippen molar-refractivity contribution in [1.29, 1.82) is 0 Å². The molecule has 0 bridgehead atoms. The lowest BCUT2D eigenvalue weighted by molar-refractivity contribution is -0.144. The maximum absolute atomic E-state index is 13.8. The molecule has 2 amide bonds. The summed E-state index contributed by atoms with van der Waals surface area (Å²) in [5.74, 6) is -0.0750. The monoisotopic (exact) mass is 363 g/mol. The molecule has 2 saturated heterocycles. The number of piperazine rings is 1. The number of likely N-dealkylation sites (tertiary alicyclic amines) is 1. The van der Waals surface area contributed by atoms with Gasteiger partial charge in [0.15, 0.2) is 11.6 Å². The van der Waals surface area contributed by atoms with Gasteiger partial charge in [0, 0.05) is 46.2 Å². The van der Waals surface area contributed by atoms with Gasteiger partial charge in [-0.25, -0.2) is 4.39 Å². The van der Waals surface area contributed by atoms with Gasteiger partial charge in [-0.1, -0.05) is 6.07 Å². The van der Waals surface area contributed by atoms with E-state index in [9.17, 15) is 14.0 Å². The van der Waals surface area contributed by atoms with Gasteiger partial charge in [-0.2, -0.15) is 0 Å². The Hall–Kier alpha value is -2.15. The molecule has 0 aliphatic carbocycles. The van der Waals surface area contributed by atoms with Gasteiger partial charge < -0.3 is 14.5 Å². The Balaban J connectivity index is 1.53. The van der Waals surface area contributed by atoms with E-state index in [1.54, 1.807) is 11.0 Å². The van der Waals surface area contributed by atoms with Crippen molar-refractivity contribution in [3.05, 3.63) is 29.6 Å². The Morgan fingerprint density at radius 2 is 1.92 bits per heavy atom. The lowest BCUT2D eigenvalue weighted by Crippen LogP contribution is -2.54. The van der Waals surface area contributed by atoms with Gasteiger partial charge in [-0.15, -0.1) is 0 Å². The molecular weight excluding hydrogens is 337 g/mol. The number of ether oxygens (including phenoxy) is 1. The molecule has 2 heterocycles. The summed E-state index contributed by atoms with van der Waals surface area (Å²) in [4.78, 5) is 30.2. The third-order valence-electron chi connectivity index (χ3n) is 5.25. The van der Waals surface area contributed by atoms with Gasteiger partial charge in [-0.05, 0) is 30.5 Å². The summed E-state index contributed by atoms with van der Waals surface area (Å²) in [6.07, 6.45) is 1.64. The number of benzene rings is 1. The van der Waals surface area contributed by atoms with Crippen molar-refractivity contribution >= 4 is 11.8 Å². The number of nitrogens with zero attached hydrogens (tertiary/aromatic N) is 3. The zero-order valence-corrected chi connectivity index (χ0v) is 15.4. The van der Waals surface area contributed by atoms with Crippen LogP contribution in [0, 0.1) is 5.82 Å². The van der Waals surface area contributed by atoms with E-state index in [0.29, 0.717) is 26.2 Å². The lowest BCUT2D eigenvalue weighted by Gasteiger charge is -2.37. The molecule has 1 unspecified atom stereocenters. The van der Waals surface area contributed by atoms with Crippen LogP contribution >= 0.6 is 0 Å². The quantitative estimate of drug-likeness (QED) is 0.813. The molecule has 3 rings (SSSR count). The first-order chi connectivity index (χ1) is 12.5. The molecule has 142 valence electrons. The zero-order chi connectivity index (χ0) is 18.7. The van der Waals surface area contributed by atoms with Crippen molar-refractivity contribution in [2.24, 2.45) is 0 Å². The predicted octanol–water partition coefficient (Wildman–Crippen LogP) is 1.49. The van der Waals surface area contributed by atoms with E-state index < -0.39 is 0 Å². The number of hydrogen-bond donors (Lipinski definition) is 0. The molecule has 0 aromatic heterocycles. The minimum absolute atomic E-state index is 0.0268. The van der Waals surface area contributed by atoms with Crippen molar-refractivity contribution < 1.29 is 18.7 Å². The molecule has 0 saturated carbocycles. The van der Waals surface area contributed by atoms with Crippen LogP contribution in [0.1, 0.15) is 25.3 Å². The van der Waals surface area contributed by atoms with Crippen LogP contribution in [-0.2, 0) is 16.1 Å². The fourth-order valence-electron chi connectivity index (χ4n) is 3.80. The van der Waals surface area contributed by atoms with Gasteiger partial charge in [0.1, 0.15) is 6.04 Å². The van der Waals surface area contributed by atoms with Crippen LogP contribution in [0.3, 0.4) is 0 Å². The first kappa shape index (κ1) is 18.6. The van der Waals surface area contributed by atoms with E-state index in [1.807, 2.05) is 11.0 Å². The van der Waals surface area contributed by atoms with E-state index in [1.165, 1.54) is 20.1 Å². The Kier molecular flexibility index (Phi) is 5.76. The third kappa shape index (κ3) is 3.98. The summed E-state index contributed by atoms with van der Waals surface area (Å²) in [6.45, 7) is 5.61. The Bertz CT molecular complexity index is 674. The van der Waals surface area contributed by atoms with Crippen molar-refractivity contribution in [2.75, 3.05) is 39.8 Å². The minimum atomic E-state index is -0.357. The average Bonchev–Trinajstić information content (AvgIpc) is 3.12. The van der Waals surface area contributed by atoms with Crippen LogP contribution < -0.4 is 4.74 Å². The summed E-state index contributed by atoms with van der Waals surface area (Å²) in [6, 6.07) is 4.71. The van der Waals surface area contributed by atoms with Crippen molar-refractivity contribution in [3.8, 4) is 5.75 Å². The second-order valence-corrected chi connectivity index (χ2v) is 6.94. The lowest BCUT2D eigenvalue weighted by atomic mass is 10.1. The van der Waals surface area contributed by atoms with Crippen LogP contribution in [0.15, 0.2) is 18.2 Å². The van der Waals surface area contributed by atoms with Crippen molar-refractivity contribution in [2.45, 2.75) is 32.4 Å². The topological polar surface area (TPSA) is 53.1 Å². The van der Waals surface area contributed by atoms with E-state index in [2.05, 4.69) is 4.90 Å². The molecule has 26 heavy (non-hydrogen) atoms. The summed E-state index contributed by atoms with van der Waals surface area (Å²) in [5, 5.41) is 0. The molecule has 7 heteroatoms. The SMILES string of the molecule is COc1ccc(CN2CCN(C(=O)C3CCCN3C(C)=O)CC2)cc1F. The molecule has 2 fully saturated rings. The highest BCUT2D eigenvalue weighted by atomic mass is 19.1. The second-order valence-electron chi connectivity index (χ2n) is 6.94. The molecule has 0 N–H and O–H groups in total. The van der Waals surface area contributed by atoms with Crippen LogP contribution in [0.2, 0.25) is 0 Å². The summed E-state index contributed by atoms with van der Waals surface area (Å²) in [7, 11) is 1.45. The normalized spacial score (nSPS) is 21.1. The summed E-state index contributed by atoms with van der Waals surface area (Å²) >= 11 is 0. The van der Waals surface area contributed by atoms with E-state index in [0.717, 1.165) is 31.5 Å². The summed E-state index contributed by atoms with van der Waals surface area (Å²) in [5.41, 5.74) is 0.890. The number of rotatable bonds is 4. The molecule has 1 atom stereocenters. The standard InChI is InChI=1S/C19H26FN3O3/c1-14(24)23-7-3-4-17(23)19(25)22-10-8-21(9-11-22)13-15-5-6-18(26-2)16(20)12-15/h5-6,12,17H,3-4,7-11,13H2,1-2H3. The van der Waals surface area contributed by atoms with Crippen LogP contribution in [0.5, 0.6) is 5.75 Å². The maximum Gasteiger partial charge on any atom is 0.245 e. The fraction of sp³-hybridized carbons (Fsp3) is 0.579.